The van der Waals surface area contributed by atoms with E-state index in [-0.39, 0.29) is 12.3 Å². The maximum Gasteiger partial charge on any atom is 0.344 e. The van der Waals surface area contributed by atoms with Crippen molar-refractivity contribution < 1.29 is 19.1 Å². The third-order valence-corrected chi connectivity index (χ3v) is 7.26. The number of nitrogens with one attached hydrogen (secondary N) is 1. The van der Waals surface area contributed by atoms with E-state index < -0.39 is 22.9 Å². The molecule has 0 saturated carbocycles. The molecular formula is C21H20N2O4S2. The van der Waals surface area contributed by atoms with Crippen molar-refractivity contribution >= 4 is 52.7 Å². The minimum atomic E-state index is -1.13. The molecular weight excluding hydrogens is 408 g/mol. The van der Waals surface area contributed by atoms with Gasteiger partial charge in [-0.1, -0.05) is 36.0 Å². The molecule has 0 spiro atoms. The van der Waals surface area contributed by atoms with Crippen LogP contribution in [0, 0.1) is 0 Å². The molecule has 2 amide bonds. The number of ether oxygens (including phenoxy) is 1. The number of fused-ring (bicyclic) bond motifs is 3. The first-order valence-corrected chi connectivity index (χ1v) is 11.3. The molecule has 6 nitrogen and oxygen atoms in total. The first-order valence-electron chi connectivity index (χ1n) is 9.22. The zero-order valence-corrected chi connectivity index (χ0v) is 17.6. The number of carbonyl (C=O) groups excluding carboxylic acids is 3. The average Bonchev–Trinajstić information content (AvgIpc) is 3.24. The largest absolute Gasteiger partial charge is 0.450 e. The summed E-state index contributed by atoms with van der Waals surface area (Å²) < 4.78 is 5.55. The third-order valence-electron chi connectivity index (χ3n) is 5.01. The monoisotopic (exact) mass is 428 g/mol. The van der Waals surface area contributed by atoms with Crippen LogP contribution in [0.1, 0.15) is 19.8 Å². The highest BCUT2D eigenvalue weighted by Gasteiger charge is 2.58. The quantitative estimate of drug-likeness (QED) is 0.575. The molecule has 0 unspecified atom stereocenters. The van der Waals surface area contributed by atoms with E-state index in [4.69, 9.17) is 4.74 Å². The first-order chi connectivity index (χ1) is 14.0. The van der Waals surface area contributed by atoms with Gasteiger partial charge >= 0.3 is 5.97 Å². The first kappa shape index (κ1) is 19.8. The van der Waals surface area contributed by atoms with Crippen molar-refractivity contribution in [3.63, 3.8) is 0 Å². The molecule has 8 heteroatoms. The molecule has 2 aliphatic rings. The molecule has 0 aliphatic carbocycles. The maximum absolute atomic E-state index is 13.1. The van der Waals surface area contributed by atoms with Gasteiger partial charge in [0.1, 0.15) is 0 Å². The van der Waals surface area contributed by atoms with E-state index in [9.17, 15) is 14.4 Å². The standard InChI is InChI=1S/C21H20N2O4S2/c1-13(19(25)22-14-7-3-5-9-16(14)28-2)27-20(26)21-12-11-18(24)23(21)15-8-4-6-10-17(15)29-21/h3-10,13H,11-12H2,1-2H3,(H,22,25)/t13-,21+/m1/s1. The molecule has 150 valence electrons. The van der Waals surface area contributed by atoms with Crippen LogP contribution in [0.5, 0.6) is 0 Å². The Bertz CT molecular complexity index is 996. The Hall–Kier alpha value is -2.45. The maximum atomic E-state index is 13.1. The van der Waals surface area contributed by atoms with Gasteiger partial charge in [0.25, 0.3) is 5.91 Å². The zero-order chi connectivity index (χ0) is 20.6. The predicted molar refractivity (Wildman–Crippen MR) is 114 cm³/mol. The molecule has 4 rings (SSSR count). The van der Waals surface area contributed by atoms with E-state index in [1.165, 1.54) is 28.4 Å². The highest BCUT2D eigenvalue weighted by atomic mass is 32.2. The van der Waals surface area contributed by atoms with Gasteiger partial charge in [0, 0.05) is 22.6 Å². The SMILES string of the molecule is CSc1ccccc1NC(=O)[C@@H](C)OC(=O)[C@@]12CCC(=O)N1c1ccccc1S2. The minimum Gasteiger partial charge on any atom is -0.450 e. The van der Waals surface area contributed by atoms with Crippen LogP contribution in [0.25, 0.3) is 0 Å². The van der Waals surface area contributed by atoms with Crippen LogP contribution in [0.3, 0.4) is 0 Å². The molecule has 2 heterocycles. The second kappa shape index (κ2) is 7.76. The Morgan fingerprint density at radius 2 is 1.93 bits per heavy atom. The van der Waals surface area contributed by atoms with Crippen LogP contribution in [-0.2, 0) is 19.1 Å². The Labute approximate surface area is 177 Å². The normalized spacial score (nSPS) is 20.8. The van der Waals surface area contributed by atoms with E-state index in [2.05, 4.69) is 5.32 Å². The summed E-state index contributed by atoms with van der Waals surface area (Å²) in [5, 5.41) is 2.82. The van der Waals surface area contributed by atoms with Crippen LogP contribution in [0.2, 0.25) is 0 Å². The summed E-state index contributed by atoms with van der Waals surface area (Å²) in [6, 6.07) is 14.9. The lowest BCUT2D eigenvalue weighted by Gasteiger charge is -2.29. The Balaban J connectivity index is 1.50. The molecule has 1 N–H and O–H groups in total. The average molecular weight is 429 g/mol. The number of nitrogens with zero attached hydrogens (tertiary/aromatic N) is 1. The highest BCUT2D eigenvalue weighted by Crippen LogP contribution is 2.56. The number of amides is 2. The zero-order valence-electron chi connectivity index (χ0n) is 16.0. The second-order valence-electron chi connectivity index (χ2n) is 6.82. The number of thioether (sulfide) groups is 2. The summed E-state index contributed by atoms with van der Waals surface area (Å²) in [6.45, 7) is 1.54. The number of rotatable bonds is 5. The van der Waals surface area contributed by atoms with Gasteiger partial charge in [-0.05, 0) is 37.4 Å². The van der Waals surface area contributed by atoms with Gasteiger partial charge in [-0.2, -0.15) is 0 Å². The fourth-order valence-corrected chi connectivity index (χ4v) is 5.52. The number of carbonyl (C=O) groups is 3. The van der Waals surface area contributed by atoms with Crippen molar-refractivity contribution in [2.45, 2.75) is 40.5 Å². The van der Waals surface area contributed by atoms with E-state index in [0.717, 1.165) is 15.5 Å². The van der Waals surface area contributed by atoms with Gasteiger partial charge < -0.3 is 10.1 Å². The lowest BCUT2D eigenvalue weighted by molar-refractivity contribution is -0.155. The van der Waals surface area contributed by atoms with Crippen molar-refractivity contribution in [2.24, 2.45) is 0 Å². The summed E-state index contributed by atoms with van der Waals surface area (Å²) in [5.74, 6) is -1.08. The van der Waals surface area contributed by atoms with Crippen LogP contribution >= 0.6 is 23.5 Å². The van der Waals surface area contributed by atoms with Gasteiger partial charge in [-0.15, -0.1) is 11.8 Å². The molecule has 2 aliphatic heterocycles. The number of anilines is 2. The molecule has 1 fully saturated rings. The smallest absolute Gasteiger partial charge is 0.344 e. The van der Waals surface area contributed by atoms with E-state index in [0.29, 0.717) is 12.1 Å². The Kier molecular flexibility index (Phi) is 5.31. The fourth-order valence-electron chi connectivity index (χ4n) is 3.56. The van der Waals surface area contributed by atoms with E-state index in [1.54, 1.807) is 13.0 Å². The van der Waals surface area contributed by atoms with Crippen LogP contribution in [0.15, 0.2) is 58.3 Å². The van der Waals surface area contributed by atoms with E-state index >= 15 is 0 Å². The Morgan fingerprint density at radius 1 is 1.21 bits per heavy atom. The summed E-state index contributed by atoms with van der Waals surface area (Å²) in [6.07, 6.45) is 1.56. The molecule has 0 radical (unpaired) electrons. The number of hydrogen-bond acceptors (Lipinski definition) is 6. The molecule has 2 aromatic carbocycles. The molecule has 2 aromatic rings. The van der Waals surface area contributed by atoms with Crippen molar-refractivity contribution in [1.29, 1.82) is 0 Å². The van der Waals surface area contributed by atoms with Crippen LogP contribution < -0.4 is 10.2 Å². The number of benzene rings is 2. The third kappa shape index (κ3) is 3.40. The summed E-state index contributed by atoms with van der Waals surface area (Å²) in [5.41, 5.74) is 1.40. The minimum absolute atomic E-state index is 0.106. The lowest BCUT2D eigenvalue weighted by Crippen LogP contribution is -2.49. The van der Waals surface area contributed by atoms with E-state index in [1.807, 2.05) is 48.7 Å². The van der Waals surface area contributed by atoms with Gasteiger partial charge in [0.2, 0.25) is 5.91 Å². The molecule has 0 aromatic heterocycles. The van der Waals surface area contributed by atoms with Gasteiger partial charge in [-0.25, -0.2) is 4.79 Å². The second-order valence-corrected chi connectivity index (χ2v) is 8.99. The van der Waals surface area contributed by atoms with Gasteiger partial charge in [0.15, 0.2) is 11.0 Å². The van der Waals surface area contributed by atoms with Crippen molar-refractivity contribution in [2.75, 3.05) is 16.5 Å². The number of hydrogen-bond donors (Lipinski definition) is 1. The summed E-state index contributed by atoms with van der Waals surface area (Å²) in [4.78, 5) is 40.4. The summed E-state index contributed by atoms with van der Waals surface area (Å²) >= 11 is 2.84. The van der Waals surface area contributed by atoms with Gasteiger partial charge in [-0.3, -0.25) is 14.5 Å². The fraction of sp³-hybridized carbons (Fsp3) is 0.286. The summed E-state index contributed by atoms with van der Waals surface area (Å²) in [7, 11) is 0. The lowest BCUT2D eigenvalue weighted by atomic mass is 10.2. The number of esters is 1. The molecule has 2 atom stereocenters. The number of para-hydroxylation sites is 2. The molecule has 1 saturated heterocycles. The van der Waals surface area contributed by atoms with Crippen LogP contribution in [-0.4, -0.2) is 35.0 Å². The van der Waals surface area contributed by atoms with Crippen molar-refractivity contribution in [3.8, 4) is 0 Å². The van der Waals surface area contributed by atoms with Crippen LogP contribution in [0.4, 0.5) is 11.4 Å². The molecule has 29 heavy (non-hydrogen) atoms. The Morgan fingerprint density at radius 3 is 2.72 bits per heavy atom. The molecule has 0 bridgehead atoms. The predicted octanol–water partition coefficient (Wildman–Crippen LogP) is 3.91. The topological polar surface area (TPSA) is 75.7 Å². The van der Waals surface area contributed by atoms with Crippen molar-refractivity contribution in [3.05, 3.63) is 48.5 Å². The highest BCUT2D eigenvalue weighted by molar-refractivity contribution is 8.02. The van der Waals surface area contributed by atoms with Crippen molar-refractivity contribution in [1.82, 2.24) is 0 Å². The van der Waals surface area contributed by atoms with Gasteiger partial charge in [0.05, 0.1) is 11.4 Å².